The van der Waals surface area contributed by atoms with Crippen molar-refractivity contribution in [3.8, 4) is 0 Å². The summed E-state index contributed by atoms with van der Waals surface area (Å²) in [5, 5.41) is 3.41. The number of hydrogen-bond donors (Lipinski definition) is 1. The first-order chi connectivity index (χ1) is 7.83. The minimum atomic E-state index is 0.675. The van der Waals surface area contributed by atoms with E-state index >= 15 is 0 Å². The van der Waals surface area contributed by atoms with Crippen LogP contribution in [0.25, 0.3) is 0 Å². The molecule has 1 aliphatic heterocycles. The number of anilines is 1. The molecule has 0 fully saturated rings. The summed E-state index contributed by atoms with van der Waals surface area (Å²) in [5.74, 6) is 0. The lowest BCUT2D eigenvalue weighted by molar-refractivity contribution is 0.548. The Bertz CT molecular complexity index is 335. The van der Waals surface area contributed by atoms with Gasteiger partial charge in [0.05, 0.1) is 0 Å². The quantitative estimate of drug-likeness (QED) is 0.781. The second kappa shape index (κ2) is 5.35. The van der Waals surface area contributed by atoms with Crippen molar-refractivity contribution in [1.82, 2.24) is 5.32 Å². The Labute approximate surface area is 98.7 Å². The lowest BCUT2D eigenvalue weighted by Gasteiger charge is -2.37. The van der Waals surface area contributed by atoms with E-state index in [-0.39, 0.29) is 0 Å². The lowest BCUT2D eigenvalue weighted by Crippen LogP contribution is -2.41. The summed E-state index contributed by atoms with van der Waals surface area (Å²) in [4.78, 5) is 2.54. The van der Waals surface area contributed by atoms with E-state index in [1.807, 2.05) is 0 Å². The summed E-state index contributed by atoms with van der Waals surface area (Å²) >= 11 is 0. The Morgan fingerprint density at radius 3 is 3.00 bits per heavy atom. The predicted molar refractivity (Wildman–Crippen MR) is 70.1 cm³/mol. The molecule has 2 nitrogen and oxygen atoms in total. The summed E-state index contributed by atoms with van der Waals surface area (Å²) in [5.41, 5.74) is 2.95. The molecule has 0 aromatic heterocycles. The third-order valence-electron chi connectivity index (χ3n) is 3.44. The van der Waals surface area contributed by atoms with E-state index in [1.54, 1.807) is 0 Å². The summed E-state index contributed by atoms with van der Waals surface area (Å²) in [6.07, 6.45) is 2.51. The van der Waals surface area contributed by atoms with Gasteiger partial charge in [0, 0.05) is 24.8 Å². The molecule has 1 aromatic rings. The van der Waals surface area contributed by atoms with Gasteiger partial charge in [-0.15, -0.1) is 0 Å². The molecule has 1 N–H and O–H groups in total. The minimum Gasteiger partial charge on any atom is -0.367 e. The summed E-state index contributed by atoms with van der Waals surface area (Å²) < 4.78 is 0. The molecule has 16 heavy (non-hydrogen) atoms. The number of nitrogens with zero attached hydrogens (tertiary/aromatic N) is 1. The molecule has 1 atom stereocenters. The highest BCUT2D eigenvalue weighted by molar-refractivity contribution is 5.56. The number of fused-ring (bicyclic) bond motifs is 1. The third kappa shape index (κ3) is 2.38. The van der Waals surface area contributed by atoms with Gasteiger partial charge in [0.15, 0.2) is 0 Å². The van der Waals surface area contributed by atoms with Crippen molar-refractivity contribution >= 4 is 5.69 Å². The van der Waals surface area contributed by atoms with E-state index in [1.165, 1.54) is 24.1 Å². The van der Waals surface area contributed by atoms with Crippen molar-refractivity contribution in [2.45, 2.75) is 32.7 Å². The van der Waals surface area contributed by atoms with Crippen LogP contribution in [0.4, 0.5) is 5.69 Å². The molecule has 0 amide bonds. The van der Waals surface area contributed by atoms with Gasteiger partial charge in [-0.25, -0.2) is 0 Å². The topological polar surface area (TPSA) is 15.3 Å². The molecule has 2 rings (SSSR count). The van der Waals surface area contributed by atoms with Gasteiger partial charge in [0.25, 0.3) is 0 Å². The van der Waals surface area contributed by atoms with Gasteiger partial charge in [0.1, 0.15) is 0 Å². The summed E-state index contributed by atoms with van der Waals surface area (Å²) in [6, 6.07) is 9.50. The molecule has 0 saturated carbocycles. The van der Waals surface area contributed by atoms with Crippen LogP contribution in [0.2, 0.25) is 0 Å². The molecular weight excluding hydrogens is 196 g/mol. The highest BCUT2D eigenvalue weighted by Crippen LogP contribution is 2.29. The lowest BCUT2D eigenvalue weighted by atomic mass is 9.97. The molecule has 1 unspecified atom stereocenters. The Balaban J connectivity index is 2.10. The van der Waals surface area contributed by atoms with Gasteiger partial charge in [0.2, 0.25) is 0 Å². The molecule has 0 bridgehead atoms. The van der Waals surface area contributed by atoms with Crippen LogP contribution < -0.4 is 10.2 Å². The molecular formula is C14H22N2. The van der Waals surface area contributed by atoms with Crippen LogP contribution in [0.1, 0.15) is 25.8 Å². The zero-order chi connectivity index (χ0) is 11.4. The molecule has 1 aliphatic rings. The maximum absolute atomic E-state index is 3.41. The molecule has 0 aliphatic carbocycles. The second-order valence-corrected chi connectivity index (χ2v) is 4.56. The second-order valence-electron chi connectivity index (χ2n) is 4.56. The maximum atomic E-state index is 3.41. The van der Waals surface area contributed by atoms with Gasteiger partial charge in [-0.1, -0.05) is 25.1 Å². The number of nitrogens with one attached hydrogen (secondary N) is 1. The van der Waals surface area contributed by atoms with Crippen LogP contribution in [0.15, 0.2) is 24.3 Å². The van der Waals surface area contributed by atoms with Crippen LogP contribution in [-0.4, -0.2) is 25.7 Å². The van der Waals surface area contributed by atoms with Crippen molar-refractivity contribution < 1.29 is 0 Å². The van der Waals surface area contributed by atoms with Crippen molar-refractivity contribution in [3.05, 3.63) is 29.8 Å². The van der Waals surface area contributed by atoms with Gasteiger partial charge in [-0.2, -0.15) is 0 Å². The average Bonchev–Trinajstić information content (AvgIpc) is 2.32. The Hall–Kier alpha value is -1.02. The fourth-order valence-electron chi connectivity index (χ4n) is 2.48. The third-order valence-corrected chi connectivity index (χ3v) is 3.44. The molecule has 0 spiro atoms. The first-order valence-electron chi connectivity index (χ1n) is 6.38. The molecule has 2 heteroatoms. The number of para-hydroxylation sites is 1. The highest BCUT2D eigenvalue weighted by atomic mass is 15.2. The maximum Gasteiger partial charge on any atom is 0.0401 e. The van der Waals surface area contributed by atoms with E-state index in [2.05, 4.69) is 48.3 Å². The molecule has 0 saturated heterocycles. The minimum absolute atomic E-state index is 0.675. The first kappa shape index (κ1) is 11.5. The number of likely N-dealkylation sites (N-methyl/N-ethyl adjacent to an activating group) is 1. The highest BCUT2D eigenvalue weighted by Gasteiger charge is 2.21. The van der Waals surface area contributed by atoms with Gasteiger partial charge in [-0.3, -0.25) is 0 Å². The number of rotatable bonds is 4. The normalized spacial score (nSPS) is 19.6. The van der Waals surface area contributed by atoms with Gasteiger partial charge >= 0.3 is 0 Å². The van der Waals surface area contributed by atoms with Crippen LogP contribution in [0, 0.1) is 0 Å². The first-order valence-corrected chi connectivity index (χ1v) is 6.38. The van der Waals surface area contributed by atoms with Crippen molar-refractivity contribution in [2.75, 3.05) is 24.5 Å². The van der Waals surface area contributed by atoms with Crippen LogP contribution in [0.3, 0.4) is 0 Å². The Morgan fingerprint density at radius 2 is 2.19 bits per heavy atom. The number of hydrogen-bond acceptors (Lipinski definition) is 2. The van der Waals surface area contributed by atoms with Crippen molar-refractivity contribution in [3.63, 3.8) is 0 Å². The number of aryl methyl sites for hydroxylation is 1. The summed E-state index contributed by atoms with van der Waals surface area (Å²) in [6.45, 7) is 7.75. The van der Waals surface area contributed by atoms with E-state index in [4.69, 9.17) is 0 Å². The van der Waals surface area contributed by atoms with Crippen LogP contribution in [-0.2, 0) is 6.42 Å². The van der Waals surface area contributed by atoms with E-state index in [9.17, 15) is 0 Å². The molecule has 0 radical (unpaired) electrons. The molecule has 88 valence electrons. The number of benzene rings is 1. The summed E-state index contributed by atoms with van der Waals surface area (Å²) in [7, 11) is 0. The SMILES string of the molecule is CCNCCN1c2ccccc2CCC1C. The predicted octanol–water partition coefficient (Wildman–Crippen LogP) is 2.44. The molecule has 1 heterocycles. The van der Waals surface area contributed by atoms with Crippen molar-refractivity contribution in [1.29, 1.82) is 0 Å². The van der Waals surface area contributed by atoms with E-state index in [0.717, 1.165) is 19.6 Å². The molecule has 1 aromatic carbocycles. The largest absolute Gasteiger partial charge is 0.367 e. The average molecular weight is 218 g/mol. The fourth-order valence-corrected chi connectivity index (χ4v) is 2.48. The smallest absolute Gasteiger partial charge is 0.0401 e. The van der Waals surface area contributed by atoms with Gasteiger partial charge in [-0.05, 0) is 37.9 Å². The fraction of sp³-hybridized carbons (Fsp3) is 0.571. The standard InChI is InChI=1S/C14H22N2/c1-3-15-10-11-16-12(2)8-9-13-6-4-5-7-14(13)16/h4-7,12,15H,3,8-11H2,1-2H3. The van der Waals surface area contributed by atoms with E-state index < -0.39 is 0 Å². The van der Waals surface area contributed by atoms with Gasteiger partial charge < -0.3 is 10.2 Å². The monoisotopic (exact) mass is 218 g/mol. The Kier molecular flexibility index (Phi) is 3.83. The Morgan fingerprint density at radius 1 is 1.38 bits per heavy atom. The van der Waals surface area contributed by atoms with Crippen LogP contribution in [0.5, 0.6) is 0 Å². The van der Waals surface area contributed by atoms with Crippen molar-refractivity contribution in [2.24, 2.45) is 0 Å². The van der Waals surface area contributed by atoms with E-state index in [0.29, 0.717) is 6.04 Å². The zero-order valence-corrected chi connectivity index (χ0v) is 10.4. The zero-order valence-electron chi connectivity index (χ0n) is 10.4. The van der Waals surface area contributed by atoms with Crippen LogP contribution >= 0.6 is 0 Å².